The number of hydrogen-bond donors (Lipinski definition) is 1. The van der Waals surface area contributed by atoms with E-state index in [0.29, 0.717) is 24.8 Å². The van der Waals surface area contributed by atoms with Crippen LogP contribution >= 0.6 is 0 Å². The second kappa shape index (κ2) is 10.0. The minimum Gasteiger partial charge on any atom is -0.383 e. The maximum atomic E-state index is 13.6. The van der Waals surface area contributed by atoms with Crippen molar-refractivity contribution in [1.29, 1.82) is 0 Å². The van der Waals surface area contributed by atoms with Crippen molar-refractivity contribution in [2.24, 2.45) is 0 Å². The van der Waals surface area contributed by atoms with E-state index in [1.807, 2.05) is 68.4 Å². The molecular formula is C26H30N4O3. The summed E-state index contributed by atoms with van der Waals surface area (Å²) in [5.41, 5.74) is 5.06. The first-order chi connectivity index (χ1) is 16.0. The molecule has 7 nitrogen and oxygen atoms in total. The molecule has 0 saturated heterocycles. The van der Waals surface area contributed by atoms with Crippen molar-refractivity contribution >= 4 is 17.5 Å². The number of anilines is 1. The summed E-state index contributed by atoms with van der Waals surface area (Å²) in [4.78, 5) is 28.1. The number of amides is 2. The van der Waals surface area contributed by atoms with Gasteiger partial charge < -0.3 is 15.0 Å². The zero-order chi connectivity index (χ0) is 23.4. The van der Waals surface area contributed by atoms with E-state index in [1.165, 1.54) is 4.90 Å². The predicted molar refractivity (Wildman–Crippen MR) is 128 cm³/mol. The Morgan fingerprint density at radius 1 is 1.12 bits per heavy atom. The van der Waals surface area contributed by atoms with Crippen LogP contribution in [0.25, 0.3) is 5.69 Å². The molecule has 1 aliphatic carbocycles. The number of rotatable bonds is 9. The Bertz CT molecular complexity index is 1140. The van der Waals surface area contributed by atoms with Crippen molar-refractivity contribution in [3.8, 4) is 5.69 Å². The van der Waals surface area contributed by atoms with Gasteiger partial charge in [0.1, 0.15) is 12.2 Å². The lowest BCUT2D eigenvalue weighted by atomic mass is 10.1. The van der Waals surface area contributed by atoms with Crippen LogP contribution in [0.3, 0.4) is 0 Å². The third-order valence-corrected chi connectivity index (χ3v) is 6.01. The van der Waals surface area contributed by atoms with Gasteiger partial charge in [-0.25, -0.2) is 4.68 Å². The highest BCUT2D eigenvalue weighted by atomic mass is 16.5. The van der Waals surface area contributed by atoms with Crippen LogP contribution in [0.5, 0.6) is 0 Å². The molecule has 0 radical (unpaired) electrons. The van der Waals surface area contributed by atoms with Gasteiger partial charge in [-0.05, 0) is 62.1 Å². The molecule has 4 rings (SSSR count). The summed E-state index contributed by atoms with van der Waals surface area (Å²) in [6.45, 7) is 4.53. The van der Waals surface area contributed by atoms with Crippen LogP contribution in [0.2, 0.25) is 0 Å². The van der Waals surface area contributed by atoms with E-state index < -0.39 is 0 Å². The Kier molecular flexibility index (Phi) is 6.89. The summed E-state index contributed by atoms with van der Waals surface area (Å²) in [5.74, 6) is -0.0886. The highest BCUT2D eigenvalue weighted by molar-refractivity contribution is 5.99. The summed E-state index contributed by atoms with van der Waals surface area (Å²) in [6, 6.07) is 17.3. The van der Waals surface area contributed by atoms with Gasteiger partial charge in [0.15, 0.2) is 0 Å². The normalized spacial score (nSPS) is 13.1. The maximum absolute atomic E-state index is 13.6. The molecule has 7 heteroatoms. The third-order valence-electron chi connectivity index (χ3n) is 6.01. The first-order valence-electron chi connectivity index (χ1n) is 11.3. The molecule has 0 bridgehead atoms. The summed E-state index contributed by atoms with van der Waals surface area (Å²) in [5, 5.41) is 7.68. The van der Waals surface area contributed by atoms with Crippen LogP contribution < -0.4 is 5.32 Å². The molecule has 0 spiro atoms. The fourth-order valence-corrected chi connectivity index (χ4v) is 3.76. The Morgan fingerprint density at radius 3 is 2.58 bits per heavy atom. The Labute approximate surface area is 194 Å². The third kappa shape index (κ3) is 5.31. The first kappa shape index (κ1) is 22.7. The molecule has 1 N–H and O–H groups in total. The largest absolute Gasteiger partial charge is 0.383 e. The van der Waals surface area contributed by atoms with Crippen LogP contribution in [-0.4, -0.2) is 53.3 Å². The van der Waals surface area contributed by atoms with Crippen LogP contribution in [0.15, 0.2) is 54.6 Å². The van der Waals surface area contributed by atoms with Crippen molar-refractivity contribution in [3.05, 3.63) is 77.1 Å². The second-order valence-corrected chi connectivity index (χ2v) is 8.49. The highest BCUT2D eigenvalue weighted by Gasteiger charge is 2.30. The highest BCUT2D eigenvalue weighted by Crippen LogP contribution is 2.39. The van der Waals surface area contributed by atoms with E-state index in [1.54, 1.807) is 11.8 Å². The number of carbonyl (C=O) groups excluding carboxylic acids is 2. The number of aryl methyl sites for hydroxylation is 1. The standard InChI is InChI=1S/C26H30N4O3/c1-18-8-7-11-22(19(18)2)27-25(31)17-29(14-15-33-3)26(32)24-16-23(20-12-13-20)28-30(24)21-9-5-4-6-10-21/h4-11,16,20H,12-15,17H2,1-3H3,(H,27,31). The van der Waals surface area contributed by atoms with Gasteiger partial charge in [0.2, 0.25) is 5.91 Å². The number of carbonyl (C=O) groups is 2. The van der Waals surface area contributed by atoms with Crippen molar-refractivity contribution in [1.82, 2.24) is 14.7 Å². The number of para-hydroxylation sites is 1. The molecule has 2 amide bonds. The van der Waals surface area contributed by atoms with E-state index in [4.69, 9.17) is 9.84 Å². The fourth-order valence-electron chi connectivity index (χ4n) is 3.76. The predicted octanol–water partition coefficient (Wildman–Crippen LogP) is 4.09. The van der Waals surface area contributed by atoms with Crippen LogP contribution in [0, 0.1) is 13.8 Å². The maximum Gasteiger partial charge on any atom is 0.273 e. The van der Waals surface area contributed by atoms with Gasteiger partial charge in [-0.2, -0.15) is 5.10 Å². The number of nitrogens with zero attached hydrogens (tertiary/aromatic N) is 3. The van der Waals surface area contributed by atoms with Gasteiger partial charge in [-0.1, -0.05) is 30.3 Å². The van der Waals surface area contributed by atoms with E-state index >= 15 is 0 Å². The quantitative estimate of drug-likeness (QED) is 0.537. The topological polar surface area (TPSA) is 76.5 Å². The Morgan fingerprint density at radius 2 is 1.88 bits per heavy atom. The molecule has 0 aliphatic heterocycles. The summed E-state index contributed by atoms with van der Waals surface area (Å²) in [7, 11) is 1.58. The number of nitrogens with one attached hydrogen (secondary N) is 1. The summed E-state index contributed by atoms with van der Waals surface area (Å²) >= 11 is 0. The van der Waals surface area contributed by atoms with Crippen LogP contribution in [0.1, 0.15) is 46.1 Å². The van der Waals surface area contributed by atoms with Gasteiger partial charge in [0.25, 0.3) is 5.91 Å². The lowest BCUT2D eigenvalue weighted by molar-refractivity contribution is -0.117. The molecule has 1 heterocycles. The molecule has 0 atom stereocenters. The van der Waals surface area contributed by atoms with E-state index in [2.05, 4.69) is 5.32 Å². The molecule has 1 aromatic heterocycles. The van der Waals surface area contributed by atoms with Gasteiger partial charge in [0.05, 0.1) is 18.0 Å². The number of methoxy groups -OCH3 is 1. The minimum atomic E-state index is -0.249. The Hall–Kier alpha value is -3.45. The van der Waals surface area contributed by atoms with Crippen molar-refractivity contribution in [2.75, 3.05) is 32.1 Å². The van der Waals surface area contributed by atoms with Crippen molar-refractivity contribution in [3.63, 3.8) is 0 Å². The molecule has 3 aromatic rings. The number of hydrogen-bond acceptors (Lipinski definition) is 4. The number of benzene rings is 2. The van der Waals surface area contributed by atoms with Gasteiger partial charge in [-0.15, -0.1) is 0 Å². The molecule has 172 valence electrons. The van der Waals surface area contributed by atoms with E-state index in [-0.39, 0.29) is 18.4 Å². The summed E-state index contributed by atoms with van der Waals surface area (Å²) in [6.07, 6.45) is 2.18. The lowest BCUT2D eigenvalue weighted by Crippen LogP contribution is -2.40. The molecule has 33 heavy (non-hydrogen) atoms. The zero-order valence-corrected chi connectivity index (χ0v) is 19.4. The van der Waals surface area contributed by atoms with E-state index in [0.717, 1.165) is 41.0 Å². The first-order valence-corrected chi connectivity index (χ1v) is 11.3. The average molecular weight is 447 g/mol. The van der Waals surface area contributed by atoms with E-state index in [9.17, 15) is 9.59 Å². The zero-order valence-electron chi connectivity index (χ0n) is 19.4. The van der Waals surface area contributed by atoms with Crippen molar-refractivity contribution < 1.29 is 14.3 Å². The lowest BCUT2D eigenvalue weighted by Gasteiger charge is -2.22. The summed E-state index contributed by atoms with van der Waals surface area (Å²) < 4.78 is 6.91. The minimum absolute atomic E-state index is 0.0751. The molecule has 1 saturated carbocycles. The smallest absolute Gasteiger partial charge is 0.273 e. The Balaban J connectivity index is 1.59. The SMILES string of the molecule is COCCN(CC(=O)Nc1cccc(C)c1C)C(=O)c1cc(C2CC2)nn1-c1ccccc1. The fraction of sp³-hybridized carbons (Fsp3) is 0.346. The van der Waals surface area contributed by atoms with Gasteiger partial charge in [0, 0.05) is 25.3 Å². The molecule has 0 unspecified atom stereocenters. The number of aromatic nitrogens is 2. The average Bonchev–Trinajstić information content (AvgIpc) is 3.58. The number of ether oxygens (including phenoxy) is 1. The molecule has 2 aromatic carbocycles. The van der Waals surface area contributed by atoms with Crippen LogP contribution in [0.4, 0.5) is 5.69 Å². The second-order valence-electron chi connectivity index (χ2n) is 8.49. The molecule has 1 aliphatic rings. The van der Waals surface area contributed by atoms with Crippen LogP contribution in [-0.2, 0) is 9.53 Å². The molecular weight excluding hydrogens is 416 g/mol. The monoisotopic (exact) mass is 446 g/mol. The van der Waals surface area contributed by atoms with Gasteiger partial charge >= 0.3 is 0 Å². The van der Waals surface area contributed by atoms with Gasteiger partial charge in [-0.3, -0.25) is 9.59 Å². The van der Waals surface area contributed by atoms with Crippen molar-refractivity contribution in [2.45, 2.75) is 32.6 Å². The molecule has 1 fully saturated rings.